The highest BCUT2D eigenvalue weighted by Crippen LogP contribution is 2.14. The van der Waals surface area contributed by atoms with Gasteiger partial charge in [0, 0.05) is 6.42 Å². The summed E-state index contributed by atoms with van der Waals surface area (Å²) in [6, 6.07) is -0.646. The molecule has 0 radical (unpaired) electrons. The minimum Gasteiger partial charge on any atom is -0.394 e. The van der Waals surface area contributed by atoms with Crippen LogP contribution in [0.15, 0.2) is 24.3 Å². The van der Waals surface area contributed by atoms with Crippen molar-refractivity contribution >= 4 is 5.91 Å². The Morgan fingerprint density at radius 1 is 0.649 bits per heavy atom. The first kappa shape index (κ1) is 35.9. The number of allylic oxidation sites excluding steroid dienone is 3. The number of amides is 1. The van der Waals surface area contributed by atoms with Crippen molar-refractivity contribution in [1.82, 2.24) is 5.32 Å². The van der Waals surface area contributed by atoms with Gasteiger partial charge in [0.2, 0.25) is 5.91 Å². The summed E-state index contributed by atoms with van der Waals surface area (Å²) in [4.78, 5) is 12.2. The van der Waals surface area contributed by atoms with Gasteiger partial charge in [-0.05, 0) is 19.3 Å². The SMILES string of the molecule is CCCCCCC/C=C/C=C/[C@@H](O)[C@H](CO)NC(=O)CCCCCCCCCCCCCCCCCC. The number of aliphatic hydroxyl groups excluding tert-OH is 2. The quantitative estimate of drug-likeness (QED) is 0.0711. The maximum Gasteiger partial charge on any atom is 0.220 e. The number of carbonyl (C=O) groups is 1. The van der Waals surface area contributed by atoms with Crippen molar-refractivity contribution in [3.63, 3.8) is 0 Å². The molecular formula is C33H63NO3. The molecule has 0 aliphatic heterocycles. The molecule has 37 heavy (non-hydrogen) atoms. The molecule has 0 spiro atoms. The minimum atomic E-state index is -0.881. The Morgan fingerprint density at radius 2 is 1.08 bits per heavy atom. The third kappa shape index (κ3) is 26.3. The molecule has 1 amide bonds. The van der Waals surface area contributed by atoms with Crippen molar-refractivity contribution in [1.29, 1.82) is 0 Å². The summed E-state index contributed by atoms with van der Waals surface area (Å²) in [7, 11) is 0. The first-order chi connectivity index (χ1) is 18.2. The number of unbranched alkanes of at least 4 members (excludes halogenated alkanes) is 20. The number of hydrogen-bond donors (Lipinski definition) is 3. The number of nitrogens with one attached hydrogen (secondary N) is 1. The summed E-state index contributed by atoms with van der Waals surface area (Å²) >= 11 is 0. The van der Waals surface area contributed by atoms with Crippen LogP contribution in [0.25, 0.3) is 0 Å². The maximum atomic E-state index is 12.2. The van der Waals surface area contributed by atoms with Gasteiger partial charge in [0.15, 0.2) is 0 Å². The Balaban J connectivity index is 3.64. The van der Waals surface area contributed by atoms with Crippen LogP contribution in [0.1, 0.15) is 162 Å². The van der Waals surface area contributed by atoms with E-state index in [0.717, 1.165) is 19.3 Å². The summed E-state index contributed by atoms with van der Waals surface area (Å²) in [5.74, 6) is -0.0838. The molecule has 0 fully saturated rings. The summed E-state index contributed by atoms with van der Waals surface area (Å²) in [6.07, 6.45) is 35.5. The highest BCUT2D eigenvalue weighted by molar-refractivity contribution is 5.76. The third-order valence-electron chi connectivity index (χ3n) is 7.24. The molecule has 0 aliphatic rings. The average molecular weight is 522 g/mol. The van der Waals surface area contributed by atoms with Gasteiger partial charge in [-0.25, -0.2) is 0 Å². The van der Waals surface area contributed by atoms with Crippen LogP contribution in [0.4, 0.5) is 0 Å². The molecule has 0 heterocycles. The number of aliphatic hydroxyl groups is 2. The van der Waals surface area contributed by atoms with E-state index in [1.807, 2.05) is 6.08 Å². The molecule has 0 aromatic rings. The Kier molecular flexibility index (Phi) is 28.5. The summed E-state index contributed by atoms with van der Waals surface area (Å²) in [5.41, 5.74) is 0. The fourth-order valence-electron chi connectivity index (χ4n) is 4.70. The fourth-order valence-corrected chi connectivity index (χ4v) is 4.70. The van der Waals surface area contributed by atoms with E-state index in [9.17, 15) is 15.0 Å². The highest BCUT2D eigenvalue weighted by Gasteiger charge is 2.17. The molecule has 2 atom stereocenters. The predicted octanol–water partition coefficient (Wildman–Crippen LogP) is 8.95. The van der Waals surface area contributed by atoms with Gasteiger partial charge < -0.3 is 15.5 Å². The van der Waals surface area contributed by atoms with Gasteiger partial charge in [0.1, 0.15) is 0 Å². The topological polar surface area (TPSA) is 69.6 Å². The Bertz CT molecular complexity index is 532. The lowest BCUT2D eigenvalue weighted by molar-refractivity contribution is -0.123. The first-order valence-corrected chi connectivity index (χ1v) is 16.1. The van der Waals surface area contributed by atoms with E-state index >= 15 is 0 Å². The summed E-state index contributed by atoms with van der Waals surface area (Å²) < 4.78 is 0. The molecule has 4 nitrogen and oxygen atoms in total. The Labute approximate surface area is 230 Å². The van der Waals surface area contributed by atoms with Gasteiger partial charge in [0.25, 0.3) is 0 Å². The zero-order valence-corrected chi connectivity index (χ0v) is 24.7. The van der Waals surface area contributed by atoms with Crippen molar-refractivity contribution in [2.75, 3.05) is 6.61 Å². The van der Waals surface area contributed by atoms with E-state index < -0.39 is 12.1 Å². The fraction of sp³-hybridized carbons (Fsp3) is 0.848. The molecule has 0 saturated carbocycles. The van der Waals surface area contributed by atoms with E-state index in [2.05, 4.69) is 25.2 Å². The smallest absolute Gasteiger partial charge is 0.220 e. The monoisotopic (exact) mass is 521 g/mol. The second-order valence-electron chi connectivity index (χ2n) is 10.9. The van der Waals surface area contributed by atoms with Gasteiger partial charge in [-0.15, -0.1) is 0 Å². The largest absolute Gasteiger partial charge is 0.394 e. The summed E-state index contributed by atoms with van der Waals surface area (Å²) in [5, 5.41) is 22.6. The minimum absolute atomic E-state index is 0.0838. The van der Waals surface area contributed by atoms with Crippen LogP contribution in [0, 0.1) is 0 Å². The summed E-state index contributed by atoms with van der Waals surface area (Å²) in [6.45, 7) is 4.23. The molecule has 218 valence electrons. The van der Waals surface area contributed by atoms with Crippen molar-refractivity contribution in [3.8, 4) is 0 Å². The molecule has 0 bridgehead atoms. The lowest BCUT2D eigenvalue weighted by Gasteiger charge is -2.19. The second-order valence-corrected chi connectivity index (χ2v) is 10.9. The van der Waals surface area contributed by atoms with Crippen molar-refractivity contribution in [2.24, 2.45) is 0 Å². The molecule has 0 unspecified atom stereocenters. The van der Waals surface area contributed by atoms with Crippen LogP contribution in [-0.2, 0) is 4.79 Å². The van der Waals surface area contributed by atoms with Crippen molar-refractivity contribution in [2.45, 2.75) is 174 Å². The zero-order valence-electron chi connectivity index (χ0n) is 24.7. The van der Waals surface area contributed by atoms with Crippen molar-refractivity contribution < 1.29 is 15.0 Å². The van der Waals surface area contributed by atoms with E-state index in [1.165, 1.54) is 122 Å². The molecule has 0 aromatic heterocycles. The normalized spacial score (nSPS) is 13.5. The van der Waals surface area contributed by atoms with Gasteiger partial charge >= 0.3 is 0 Å². The van der Waals surface area contributed by atoms with Crippen LogP contribution >= 0.6 is 0 Å². The van der Waals surface area contributed by atoms with Crippen LogP contribution in [0.2, 0.25) is 0 Å². The first-order valence-electron chi connectivity index (χ1n) is 16.1. The molecule has 0 aromatic carbocycles. The average Bonchev–Trinajstić information content (AvgIpc) is 2.90. The lowest BCUT2D eigenvalue weighted by Crippen LogP contribution is -2.45. The van der Waals surface area contributed by atoms with Crippen LogP contribution in [0.3, 0.4) is 0 Å². The standard InChI is InChI=1S/C33H63NO3/c1-3-5-7-9-11-13-14-15-16-17-18-19-21-23-25-27-29-33(37)34-31(30-35)32(36)28-26-24-22-20-12-10-8-6-4-2/h22,24,26,28,31-32,35-36H,3-21,23,25,27,29-30H2,1-2H3,(H,34,37)/b24-22+,28-26+/t31-,32+/m0/s1. The molecule has 0 aliphatic carbocycles. The lowest BCUT2D eigenvalue weighted by atomic mass is 10.0. The maximum absolute atomic E-state index is 12.2. The Hall–Kier alpha value is -1.13. The molecule has 4 heteroatoms. The van der Waals surface area contributed by atoms with E-state index in [4.69, 9.17) is 0 Å². The molecular weight excluding hydrogens is 458 g/mol. The van der Waals surface area contributed by atoms with Crippen LogP contribution < -0.4 is 5.32 Å². The van der Waals surface area contributed by atoms with Gasteiger partial charge in [-0.1, -0.05) is 160 Å². The highest BCUT2D eigenvalue weighted by atomic mass is 16.3. The number of rotatable bonds is 28. The van der Waals surface area contributed by atoms with Crippen molar-refractivity contribution in [3.05, 3.63) is 24.3 Å². The second kappa shape index (κ2) is 29.4. The molecule has 3 N–H and O–H groups in total. The molecule has 0 saturated heterocycles. The number of hydrogen-bond acceptors (Lipinski definition) is 3. The van der Waals surface area contributed by atoms with Gasteiger partial charge in [0.05, 0.1) is 18.8 Å². The van der Waals surface area contributed by atoms with Gasteiger partial charge in [-0.2, -0.15) is 0 Å². The van der Waals surface area contributed by atoms with Crippen LogP contribution in [0.5, 0.6) is 0 Å². The van der Waals surface area contributed by atoms with Gasteiger partial charge in [-0.3, -0.25) is 4.79 Å². The number of carbonyl (C=O) groups excluding carboxylic acids is 1. The van der Waals surface area contributed by atoms with E-state index in [-0.39, 0.29) is 12.5 Å². The molecule has 0 rings (SSSR count). The zero-order chi connectivity index (χ0) is 27.2. The van der Waals surface area contributed by atoms with E-state index in [1.54, 1.807) is 12.2 Å². The van der Waals surface area contributed by atoms with E-state index in [0.29, 0.717) is 6.42 Å². The third-order valence-corrected chi connectivity index (χ3v) is 7.24. The van der Waals surface area contributed by atoms with Crippen LogP contribution in [-0.4, -0.2) is 34.9 Å². The predicted molar refractivity (Wildman–Crippen MR) is 161 cm³/mol. The Morgan fingerprint density at radius 3 is 1.54 bits per heavy atom.